The van der Waals surface area contributed by atoms with Gasteiger partial charge in [0.1, 0.15) is 0 Å². The van der Waals surface area contributed by atoms with Gasteiger partial charge in [-0.05, 0) is 113 Å². The topological polar surface area (TPSA) is 24.7 Å². The fraction of sp³-hybridized carbons (Fsp3) is 0.655. The number of aryl methyl sites for hydroxylation is 2. The van der Waals surface area contributed by atoms with Gasteiger partial charge in [0.05, 0.1) is 22.8 Å². The summed E-state index contributed by atoms with van der Waals surface area (Å²) in [6.07, 6.45) is 58.2. The summed E-state index contributed by atoms with van der Waals surface area (Å²) in [5, 5.41) is 0. The first-order valence-electron chi connectivity index (χ1n) is 26.0. The second kappa shape index (κ2) is 40.1. The largest absolute Gasteiger partial charge is 0.251 e. The highest BCUT2D eigenvalue weighted by Gasteiger charge is 2.11. The van der Waals surface area contributed by atoms with Crippen LogP contribution in [0.15, 0.2) is 95.0 Å². The molecule has 2 nitrogen and oxygen atoms in total. The van der Waals surface area contributed by atoms with Gasteiger partial charge in [-0.25, -0.2) is 4.99 Å². The summed E-state index contributed by atoms with van der Waals surface area (Å²) in [5.41, 5.74) is 7.08. The number of benzene rings is 2. The molecule has 2 aromatic rings. The van der Waals surface area contributed by atoms with Crippen LogP contribution in [0, 0.1) is 0 Å². The molecule has 0 saturated carbocycles. The molecule has 0 fully saturated rings. The van der Waals surface area contributed by atoms with Crippen molar-refractivity contribution in [2.24, 2.45) is 9.98 Å². The molecular weight excluding hydrogens is 725 g/mol. The maximum absolute atomic E-state index is 5.48. The maximum atomic E-state index is 5.48. The Hall–Kier alpha value is -3.00. The standard InChI is InChI=1S/C58H94N2/c1-5-9-13-15-17-19-21-23-25-27-29-31-33-35-39-45-53-47-41-43-49-55(53)59-57(51-37-11-7-3)58(52-38-12-8-4)60-56-50-44-42-48-54(56)46-40-36-34-32-30-28-26-24-22-20-18-16-14-10-6-2/h31-34,37,41-44,47-51H,5-30,35-36,38-40,45-46,52H2,1-4H3. The number of para-hydroxylation sites is 2. The van der Waals surface area contributed by atoms with Gasteiger partial charge in [0.2, 0.25) is 0 Å². The molecule has 0 aromatic heterocycles. The number of allylic oxidation sites excluding steroid dienone is 6. The Morgan fingerprint density at radius 1 is 0.367 bits per heavy atom. The Labute approximate surface area is 373 Å². The summed E-state index contributed by atoms with van der Waals surface area (Å²) in [4.78, 5) is 10.9. The second-order valence-corrected chi connectivity index (χ2v) is 17.6. The van der Waals surface area contributed by atoms with E-state index in [0.29, 0.717) is 0 Å². The lowest BCUT2D eigenvalue weighted by molar-refractivity contribution is 0.557. The normalized spacial score (nSPS) is 12.6. The first-order valence-corrected chi connectivity index (χ1v) is 26.0. The van der Waals surface area contributed by atoms with Gasteiger partial charge in [0, 0.05) is 0 Å². The Bertz CT molecular complexity index is 1420. The molecule has 0 bridgehead atoms. The molecule has 0 aliphatic rings. The molecular formula is C58H94N2. The molecule has 0 aliphatic heterocycles. The molecule has 0 aliphatic carbocycles. The zero-order valence-corrected chi connectivity index (χ0v) is 40.0. The summed E-state index contributed by atoms with van der Waals surface area (Å²) in [6.45, 7) is 9.14. The number of hydrogen-bond acceptors (Lipinski definition) is 2. The van der Waals surface area contributed by atoms with Crippen molar-refractivity contribution in [1.29, 1.82) is 0 Å². The van der Waals surface area contributed by atoms with Gasteiger partial charge < -0.3 is 0 Å². The zero-order chi connectivity index (χ0) is 42.8. The van der Waals surface area contributed by atoms with Gasteiger partial charge in [-0.15, -0.1) is 0 Å². The smallest absolute Gasteiger partial charge is 0.0848 e. The van der Waals surface area contributed by atoms with Crippen LogP contribution in [0.3, 0.4) is 0 Å². The molecule has 0 heterocycles. The Morgan fingerprint density at radius 3 is 1.20 bits per heavy atom. The van der Waals surface area contributed by atoms with E-state index >= 15 is 0 Å². The highest BCUT2D eigenvalue weighted by molar-refractivity contribution is 6.47. The van der Waals surface area contributed by atoms with Crippen molar-refractivity contribution in [3.63, 3.8) is 0 Å². The number of unbranched alkanes of at least 4 members (excludes halogenated alkanes) is 25. The number of nitrogens with zero attached hydrogens (tertiary/aromatic N) is 2. The number of aliphatic imine (C=N–C) groups is 2. The van der Waals surface area contributed by atoms with Gasteiger partial charge in [0.15, 0.2) is 0 Å². The van der Waals surface area contributed by atoms with Gasteiger partial charge in [0.25, 0.3) is 0 Å². The van der Waals surface area contributed by atoms with E-state index in [9.17, 15) is 0 Å². The van der Waals surface area contributed by atoms with Gasteiger partial charge >= 0.3 is 0 Å². The zero-order valence-electron chi connectivity index (χ0n) is 40.0. The third-order valence-corrected chi connectivity index (χ3v) is 11.9. The summed E-state index contributed by atoms with van der Waals surface area (Å²) in [7, 11) is 0. The third kappa shape index (κ3) is 28.5. The van der Waals surface area contributed by atoms with Crippen molar-refractivity contribution in [3.05, 3.63) is 96.1 Å². The van der Waals surface area contributed by atoms with Crippen molar-refractivity contribution in [2.75, 3.05) is 0 Å². The molecule has 0 amide bonds. The van der Waals surface area contributed by atoms with Crippen LogP contribution in [0.2, 0.25) is 0 Å². The van der Waals surface area contributed by atoms with Crippen LogP contribution in [0.5, 0.6) is 0 Å². The van der Waals surface area contributed by atoms with Crippen LogP contribution < -0.4 is 0 Å². The molecule has 336 valence electrons. The molecule has 0 radical (unpaired) electrons. The lowest BCUT2D eigenvalue weighted by Gasteiger charge is -2.12. The first-order chi connectivity index (χ1) is 29.7. The molecule has 0 spiro atoms. The van der Waals surface area contributed by atoms with E-state index in [0.717, 1.165) is 87.0 Å². The minimum atomic E-state index is 0.950. The average molecular weight is 819 g/mol. The van der Waals surface area contributed by atoms with E-state index in [1.54, 1.807) is 0 Å². The molecule has 0 atom stereocenters. The molecule has 2 heteroatoms. The third-order valence-electron chi connectivity index (χ3n) is 11.9. The van der Waals surface area contributed by atoms with E-state index in [4.69, 9.17) is 9.98 Å². The monoisotopic (exact) mass is 819 g/mol. The average Bonchev–Trinajstić information content (AvgIpc) is 3.26. The quantitative estimate of drug-likeness (QED) is 0.0364. The van der Waals surface area contributed by atoms with Crippen LogP contribution in [0.1, 0.15) is 244 Å². The second-order valence-electron chi connectivity index (χ2n) is 17.6. The minimum absolute atomic E-state index is 0.950. The fourth-order valence-corrected chi connectivity index (χ4v) is 8.07. The molecule has 0 saturated heterocycles. The van der Waals surface area contributed by atoms with E-state index in [-0.39, 0.29) is 0 Å². The lowest BCUT2D eigenvalue weighted by atomic mass is 10.0. The summed E-state index contributed by atoms with van der Waals surface area (Å²) < 4.78 is 0. The van der Waals surface area contributed by atoms with Crippen molar-refractivity contribution >= 4 is 22.8 Å². The SMILES string of the molecule is CCCC=CC(=Nc1ccccc1CCCC=CCCCCCCCCCCCC)C(CCCCC)=Nc1ccccc1CCCC=CCCCCCCCCCCCC. The Kier molecular flexibility index (Phi) is 35.5. The number of rotatable bonds is 40. The van der Waals surface area contributed by atoms with Crippen LogP contribution >= 0.6 is 0 Å². The van der Waals surface area contributed by atoms with Crippen LogP contribution in [-0.2, 0) is 12.8 Å². The molecule has 2 rings (SSSR count). The molecule has 0 unspecified atom stereocenters. The first kappa shape index (κ1) is 53.1. The Morgan fingerprint density at radius 2 is 0.750 bits per heavy atom. The predicted molar refractivity (Wildman–Crippen MR) is 272 cm³/mol. The summed E-state index contributed by atoms with van der Waals surface area (Å²) in [6, 6.07) is 17.7. The molecule has 2 aromatic carbocycles. The van der Waals surface area contributed by atoms with Crippen molar-refractivity contribution < 1.29 is 0 Å². The van der Waals surface area contributed by atoms with Crippen LogP contribution in [0.25, 0.3) is 0 Å². The van der Waals surface area contributed by atoms with Gasteiger partial charge in [-0.2, -0.15) is 0 Å². The van der Waals surface area contributed by atoms with Crippen molar-refractivity contribution in [1.82, 2.24) is 0 Å². The van der Waals surface area contributed by atoms with Gasteiger partial charge in [-0.1, -0.05) is 229 Å². The van der Waals surface area contributed by atoms with Crippen molar-refractivity contribution in [2.45, 2.75) is 246 Å². The maximum Gasteiger partial charge on any atom is 0.0848 e. The van der Waals surface area contributed by atoms with Crippen LogP contribution in [-0.4, -0.2) is 11.4 Å². The van der Waals surface area contributed by atoms with E-state index in [1.807, 2.05) is 0 Å². The highest BCUT2D eigenvalue weighted by atomic mass is 14.8. The summed E-state index contributed by atoms with van der Waals surface area (Å²) in [5.74, 6) is 0. The predicted octanol–water partition coefficient (Wildman–Crippen LogP) is 19.8. The molecule has 0 N–H and O–H groups in total. The van der Waals surface area contributed by atoms with Crippen LogP contribution in [0.4, 0.5) is 11.4 Å². The van der Waals surface area contributed by atoms with E-state index in [2.05, 4.69) is 113 Å². The summed E-state index contributed by atoms with van der Waals surface area (Å²) >= 11 is 0. The number of hydrogen-bond donors (Lipinski definition) is 0. The fourth-order valence-electron chi connectivity index (χ4n) is 8.07. The minimum Gasteiger partial charge on any atom is -0.251 e. The van der Waals surface area contributed by atoms with Crippen molar-refractivity contribution in [3.8, 4) is 0 Å². The molecule has 60 heavy (non-hydrogen) atoms. The van der Waals surface area contributed by atoms with Gasteiger partial charge in [-0.3, -0.25) is 4.99 Å². The lowest BCUT2D eigenvalue weighted by Crippen LogP contribution is -2.12. The van der Waals surface area contributed by atoms with E-state index in [1.165, 1.54) is 165 Å². The van der Waals surface area contributed by atoms with E-state index < -0.39 is 0 Å². The highest BCUT2D eigenvalue weighted by Crippen LogP contribution is 2.26. The Balaban J connectivity index is 1.99.